The van der Waals surface area contributed by atoms with E-state index in [1.54, 1.807) is 31.2 Å². The number of amides is 2. The molecule has 0 saturated heterocycles. The third-order valence-electron chi connectivity index (χ3n) is 3.15. The van der Waals surface area contributed by atoms with Crippen molar-refractivity contribution in [1.82, 2.24) is 4.90 Å². The second kappa shape index (κ2) is 5.83. The molecule has 106 valence electrons. The summed E-state index contributed by atoms with van der Waals surface area (Å²) < 4.78 is 5.10. The highest BCUT2D eigenvalue weighted by Crippen LogP contribution is 2.21. The van der Waals surface area contributed by atoms with E-state index in [9.17, 15) is 19.5 Å². The molecule has 1 heterocycles. The average Bonchev–Trinajstić information content (AvgIpc) is 2.68. The molecule has 0 bridgehead atoms. The lowest BCUT2D eigenvalue weighted by atomic mass is 10.1. The number of ether oxygens (including phenoxy) is 1. The van der Waals surface area contributed by atoms with Crippen molar-refractivity contribution in [2.75, 3.05) is 13.2 Å². The Morgan fingerprint density at radius 2 is 1.80 bits per heavy atom. The Hall–Kier alpha value is -2.21. The lowest BCUT2D eigenvalue weighted by molar-refractivity contribution is -0.316. The maximum Gasteiger partial charge on any atom is 0.261 e. The van der Waals surface area contributed by atoms with Gasteiger partial charge in [0.25, 0.3) is 11.8 Å². The SMILES string of the molecule is CCC(OCCN1C(=O)c2ccccc2C1=O)C(=O)[O-]. The van der Waals surface area contributed by atoms with E-state index in [-0.39, 0.29) is 31.4 Å². The molecule has 0 saturated carbocycles. The maximum absolute atomic E-state index is 12.0. The van der Waals surface area contributed by atoms with E-state index in [1.807, 2.05) is 0 Å². The molecule has 0 fully saturated rings. The van der Waals surface area contributed by atoms with Gasteiger partial charge in [-0.25, -0.2) is 0 Å². The first-order valence-electron chi connectivity index (χ1n) is 6.34. The number of carbonyl (C=O) groups excluding carboxylic acids is 3. The number of nitrogens with zero attached hydrogens (tertiary/aromatic N) is 1. The molecule has 1 aliphatic heterocycles. The minimum atomic E-state index is -1.30. The molecule has 2 rings (SSSR count). The van der Waals surface area contributed by atoms with E-state index >= 15 is 0 Å². The summed E-state index contributed by atoms with van der Waals surface area (Å²) in [5.74, 6) is -2.05. The van der Waals surface area contributed by atoms with E-state index in [0.717, 1.165) is 4.90 Å². The Kier molecular flexibility index (Phi) is 4.14. The molecule has 0 aliphatic carbocycles. The highest BCUT2D eigenvalue weighted by atomic mass is 16.5. The molecule has 1 unspecified atom stereocenters. The lowest BCUT2D eigenvalue weighted by Gasteiger charge is -2.19. The number of benzene rings is 1. The zero-order valence-electron chi connectivity index (χ0n) is 11.0. The Balaban J connectivity index is 1.98. The van der Waals surface area contributed by atoms with Crippen LogP contribution in [0.5, 0.6) is 0 Å². The molecular formula is C14H14NO5-. The van der Waals surface area contributed by atoms with Crippen LogP contribution in [-0.4, -0.2) is 41.9 Å². The smallest absolute Gasteiger partial charge is 0.261 e. The summed E-state index contributed by atoms with van der Waals surface area (Å²) in [6.45, 7) is 1.65. The predicted molar refractivity (Wildman–Crippen MR) is 66.8 cm³/mol. The summed E-state index contributed by atoms with van der Waals surface area (Å²) in [5.41, 5.74) is 0.730. The quantitative estimate of drug-likeness (QED) is 0.673. The van der Waals surface area contributed by atoms with Gasteiger partial charge < -0.3 is 14.6 Å². The van der Waals surface area contributed by atoms with Crippen LogP contribution in [0.1, 0.15) is 34.1 Å². The lowest BCUT2D eigenvalue weighted by Crippen LogP contribution is -2.39. The summed E-state index contributed by atoms with van der Waals surface area (Å²) >= 11 is 0. The van der Waals surface area contributed by atoms with Crippen molar-refractivity contribution in [3.05, 3.63) is 35.4 Å². The highest BCUT2D eigenvalue weighted by Gasteiger charge is 2.34. The molecule has 1 aromatic rings. The number of carbonyl (C=O) groups is 3. The van der Waals surface area contributed by atoms with Crippen LogP contribution in [-0.2, 0) is 9.53 Å². The van der Waals surface area contributed by atoms with Crippen LogP contribution in [0.15, 0.2) is 24.3 Å². The zero-order valence-corrected chi connectivity index (χ0v) is 11.0. The van der Waals surface area contributed by atoms with Gasteiger partial charge in [0.1, 0.15) is 0 Å². The first kappa shape index (κ1) is 14.2. The van der Waals surface area contributed by atoms with Crippen LogP contribution >= 0.6 is 0 Å². The van der Waals surface area contributed by atoms with Crippen molar-refractivity contribution in [1.29, 1.82) is 0 Å². The number of carboxylic acids is 1. The van der Waals surface area contributed by atoms with Gasteiger partial charge in [0, 0.05) is 0 Å². The third kappa shape index (κ3) is 2.55. The van der Waals surface area contributed by atoms with Gasteiger partial charge in [0.05, 0.1) is 36.4 Å². The van der Waals surface area contributed by atoms with Crippen molar-refractivity contribution in [3.8, 4) is 0 Å². The van der Waals surface area contributed by atoms with Crippen LogP contribution in [0, 0.1) is 0 Å². The van der Waals surface area contributed by atoms with Gasteiger partial charge in [-0.15, -0.1) is 0 Å². The van der Waals surface area contributed by atoms with E-state index in [1.165, 1.54) is 0 Å². The van der Waals surface area contributed by atoms with Crippen LogP contribution in [0.2, 0.25) is 0 Å². The fraction of sp³-hybridized carbons (Fsp3) is 0.357. The summed E-state index contributed by atoms with van der Waals surface area (Å²) in [5, 5.41) is 10.7. The van der Waals surface area contributed by atoms with Crippen LogP contribution in [0.25, 0.3) is 0 Å². The van der Waals surface area contributed by atoms with Gasteiger partial charge in [-0.2, -0.15) is 0 Å². The summed E-state index contributed by atoms with van der Waals surface area (Å²) in [6.07, 6.45) is -0.755. The summed E-state index contributed by atoms with van der Waals surface area (Å²) in [7, 11) is 0. The van der Waals surface area contributed by atoms with Crippen molar-refractivity contribution >= 4 is 17.8 Å². The normalized spacial score (nSPS) is 15.3. The number of hydrogen-bond donors (Lipinski definition) is 0. The largest absolute Gasteiger partial charge is 0.547 e. The topological polar surface area (TPSA) is 86.7 Å². The predicted octanol–water partition coefficient (Wildman–Crippen LogP) is -0.172. The number of hydrogen-bond acceptors (Lipinski definition) is 5. The first-order chi connectivity index (χ1) is 9.56. The second-order valence-corrected chi connectivity index (χ2v) is 4.39. The minimum absolute atomic E-state index is 0.0239. The summed E-state index contributed by atoms with van der Waals surface area (Å²) in [6, 6.07) is 6.55. The van der Waals surface area contributed by atoms with Gasteiger partial charge in [0.2, 0.25) is 0 Å². The maximum atomic E-state index is 12.0. The van der Waals surface area contributed by atoms with Gasteiger partial charge in [0.15, 0.2) is 0 Å². The van der Waals surface area contributed by atoms with Gasteiger partial charge >= 0.3 is 0 Å². The molecule has 2 amide bonds. The highest BCUT2D eigenvalue weighted by molar-refractivity contribution is 6.21. The molecule has 20 heavy (non-hydrogen) atoms. The molecule has 0 N–H and O–H groups in total. The second-order valence-electron chi connectivity index (χ2n) is 4.39. The molecule has 1 aliphatic rings. The summed E-state index contributed by atoms with van der Waals surface area (Å²) in [4.78, 5) is 35.8. The Morgan fingerprint density at radius 1 is 1.25 bits per heavy atom. The number of rotatable bonds is 6. The Labute approximate surface area is 115 Å². The van der Waals surface area contributed by atoms with Crippen LogP contribution < -0.4 is 5.11 Å². The number of aliphatic carboxylic acids is 1. The molecule has 0 spiro atoms. The number of fused-ring (bicyclic) bond motifs is 1. The van der Waals surface area contributed by atoms with E-state index < -0.39 is 12.1 Å². The van der Waals surface area contributed by atoms with Gasteiger partial charge in [-0.1, -0.05) is 19.1 Å². The fourth-order valence-electron chi connectivity index (χ4n) is 2.08. The molecule has 6 nitrogen and oxygen atoms in total. The van der Waals surface area contributed by atoms with E-state index in [0.29, 0.717) is 11.1 Å². The number of carboxylic acid groups (broad SMARTS) is 1. The van der Waals surface area contributed by atoms with Gasteiger partial charge in [-0.05, 0) is 18.6 Å². The van der Waals surface area contributed by atoms with Crippen molar-refractivity contribution < 1.29 is 24.2 Å². The average molecular weight is 276 g/mol. The third-order valence-corrected chi connectivity index (χ3v) is 3.15. The monoisotopic (exact) mass is 276 g/mol. The van der Waals surface area contributed by atoms with E-state index in [2.05, 4.69) is 0 Å². The molecule has 1 aromatic carbocycles. The van der Waals surface area contributed by atoms with Crippen molar-refractivity contribution in [2.45, 2.75) is 19.4 Å². The first-order valence-corrected chi connectivity index (χ1v) is 6.34. The number of imide groups is 1. The van der Waals surface area contributed by atoms with Gasteiger partial charge in [-0.3, -0.25) is 14.5 Å². The molecule has 0 aromatic heterocycles. The Bertz CT molecular complexity index is 519. The fourth-order valence-corrected chi connectivity index (χ4v) is 2.08. The van der Waals surface area contributed by atoms with Crippen molar-refractivity contribution in [2.24, 2.45) is 0 Å². The van der Waals surface area contributed by atoms with E-state index in [4.69, 9.17) is 4.74 Å². The van der Waals surface area contributed by atoms with Crippen LogP contribution in [0.3, 0.4) is 0 Å². The molecule has 6 heteroatoms. The molecule has 1 atom stereocenters. The molecule has 0 radical (unpaired) electrons. The van der Waals surface area contributed by atoms with Crippen molar-refractivity contribution in [3.63, 3.8) is 0 Å². The molecular weight excluding hydrogens is 262 g/mol. The Morgan fingerprint density at radius 3 is 2.25 bits per heavy atom. The minimum Gasteiger partial charge on any atom is -0.547 e. The standard InChI is InChI=1S/C14H15NO5/c1-2-11(14(18)19)20-8-7-15-12(16)9-5-3-4-6-10(9)13(15)17/h3-6,11H,2,7-8H2,1H3,(H,18,19)/p-1. The van der Waals surface area contributed by atoms with Crippen LogP contribution in [0.4, 0.5) is 0 Å². The zero-order chi connectivity index (χ0) is 14.7.